The number of rotatable bonds is 4. The molecule has 1 fully saturated rings. The molecule has 1 saturated heterocycles. The summed E-state index contributed by atoms with van der Waals surface area (Å²) in [6.07, 6.45) is -3.78. The number of carbonyl (C=O) groups excluding carboxylic acids is 5. The van der Waals surface area contributed by atoms with E-state index in [1.165, 1.54) is 26.0 Å². The van der Waals surface area contributed by atoms with Gasteiger partial charge in [-0.3, -0.25) is 24.0 Å². The van der Waals surface area contributed by atoms with Crippen molar-refractivity contribution in [1.82, 2.24) is 0 Å². The average molecular weight is 584 g/mol. The molecule has 2 aliphatic carbocycles. The SMILES string of the molecule is CC(=O)C1(N)Cc2c(O)c3c(c(O)c2C([C@H]2C[C@](O)(C(C)=O)[C@](O)(C(C)=O)[C@@H](C)O2)C1)C(=O)c1ccccc1C3=O.O. The molecule has 2 unspecified atom stereocenters. The van der Waals surface area contributed by atoms with Gasteiger partial charge in [0.25, 0.3) is 0 Å². The predicted molar refractivity (Wildman–Crippen MR) is 146 cm³/mol. The van der Waals surface area contributed by atoms with E-state index in [9.17, 15) is 44.4 Å². The zero-order valence-corrected chi connectivity index (χ0v) is 23.5. The topological polar surface area (TPSA) is 233 Å². The van der Waals surface area contributed by atoms with Gasteiger partial charge in [-0.25, -0.2) is 0 Å². The molecule has 3 aliphatic rings. The molecule has 1 heterocycles. The van der Waals surface area contributed by atoms with Crippen LogP contribution in [0.2, 0.25) is 0 Å². The lowest BCUT2D eigenvalue weighted by Crippen LogP contribution is -2.73. The third kappa shape index (κ3) is 3.90. The third-order valence-electron chi connectivity index (χ3n) is 9.27. The van der Waals surface area contributed by atoms with Gasteiger partial charge >= 0.3 is 0 Å². The summed E-state index contributed by atoms with van der Waals surface area (Å²) in [5, 5.41) is 45.8. The summed E-state index contributed by atoms with van der Waals surface area (Å²) in [5.74, 6) is -6.05. The fourth-order valence-corrected chi connectivity index (χ4v) is 6.85. The molecule has 0 amide bonds. The number of ketones is 5. The molecule has 0 aromatic heterocycles. The smallest absolute Gasteiger partial charge is 0.198 e. The minimum Gasteiger partial charge on any atom is -0.507 e. The summed E-state index contributed by atoms with van der Waals surface area (Å²) < 4.78 is 6.03. The van der Waals surface area contributed by atoms with E-state index in [0.717, 1.165) is 13.8 Å². The molecule has 0 spiro atoms. The number of aliphatic hydroxyl groups is 2. The highest BCUT2D eigenvalue weighted by atomic mass is 16.5. The summed E-state index contributed by atoms with van der Waals surface area (Å²) in [4.78, 5) is 65.0. The Morgan fingerprint density at radius 3 is 1.88 bits per heavy atom. The first kappa shape index (κ1) is 31.1. The summed E-state index contributed by atoms with van der Waals surface area (Å²) >= 11 is 0. The van der Waals surface area contributed by atoms with E-state index in [1.54, 1.807) is 12.1 Å². The van der Waals surface area contributed by atoms with E-state index in [0.29, 0.717) is 0 Å². The van der Waals surface area contributed by atoms with Gasteiger partial charge in [0.05, 0.1) is 28.9 Å². The number of ether oxygens (including phenoxy) is 1. The maximum atomic E-state index is 13.5. The van der Waals surface area contributed by atoms with Crippen molar-refractivity contribution in [1.29, 1.82) is 0 Å². The van der Waals surface area contributed by atoms with Crippen LogP contribution in [0.5, 0.6) is 11.5 Å². The van der Waals surface area contributed by atoms with Crippen molar-refractivity contribution in [3.8, 4) is 11.5 Å². The summed E-state index contributed by atoms with van der Waals surface area (Å²) in [6, 6.07) is 5.96. The van der Waals surface area contributed by atoms with Gasteiger partial charge in [-0.1, -0.05) is 24.3 Å². The molecule has 6 atom stereocenters. The number of benzene rings is 2. The van der Waals surface area contributed by atoms with Crippen LogP contribution in [-0.4, -0.2) is 83.8 Å². The van der Waals surface area contributed by atoms with Crippen molar-refractivity contribution in [2.45, 2.75) is 81.8 Å². The zero-order valence-electron chi connectivity index (χ0n) is 23.5. The van der Waals surface area contributed by atoms with Gasteiger partial charge in [0.15, 0.2) is 34.3 Å². The van der Waals surface area contributed by atoms with Crippen molar-refractivity contribution in [3.63, 3.8) is 0 Å². The Morgan fingerprint density at radius 2 is 1.40 bits per heavy atom. The largest absolute Gasteiger partial charge is 0.507 e. The molecule has 224 valence electrons. The molecule has 2 aromatic carbocycles. The molecule has 2 aromatic rings. The molecule has 12 heteroatoms. The first-order valence-electron chi connectivity index (χ1n) is 13.2. The highest BCUT2D eigenvalue weighted by Crippen LogP contribution is 2.54. The number of hydrogen-bond donors (Lipinski definition) is 5. The molecule has 42 heavy (non-hydrogen) atoms. The van der Waals surface area contributed by atoms with E-state index in [1.807, 2.05) is 0 Å². The summed E-state index contributed by atoms with van der Waals surface area (Å²) in [7, 11) is 0. The van der Waals surface area contributed by atoms with Gasteiger partial charge < -0.3 is 36.4 Å². The first-order valence-corrected chi connectivity index (χ1v) is 13.2. The van der Waals surface area contributed by atoms with E-state index < -0.39 is 92.8 Å². The van der Waals surface area contributed by atoms with Crippen molar-refractivity contribution in [2.75, 3.05) is 0 Å². The predicted octanol–water partition coefficient (Wildman–Crippen LogP) is 0.182. The van der Waals surface area contributed by atoms with Crippen LogP contribution in [-0.2, 0) is 25.5 Å². The van der Waals surface area contributed by atoms with Crippen LogP contribution in [0.25, 0.3) is 0 Å². The van der Waals surface area contributed by atoms with Crippen LogP contribution >= 0.6 is 0 Å². The van der Waals surface area contributed by atoms with Gasteiger partial charge in [-0.05, 0) is 34.1 Å². The average Bonchev–Trinajstić information content (AvgIpc) is 2.91. The second-order valence-corrected chi connectivity index (χ2v) is 11.5. The van der Waals surface area contributed by atoms with Crippen LogP contribution in [0.1, 0.15) is 89.4 Å². The fraction of sp³-hybridized carbons (Fsp3) is 0.433. The van der Waals surface area contributed by atoms with Crippen molar-refractivity contribution in [3.05, 3.63) is 57.6 Å². The molecule has 8 N–H and O–H groups in total. The van der Waals surface area contributed by atoms with Gasteiger partial charge in [-0.2, -0.15) is 0 Å². The van der Waals surface area contributed by atoms with Crippen molar-refractivity contribution in [2.24, 2.45) is 5.73 Å². The van der Waals surface area contributed by atoms with E-state index >= 15 is 0 Å². The fourth-order valence-electron chi connectivity index (χ4n) is 6.85. The second kappa shape index (κ2) is 9.89. The number of phenolic OH excluding ortho intramolecular Hbond substituents is 2. The van der Waals surface area contributed by atoms with E-state index in [2.05, 4.69) is 0 Å². The standard InChI is InChI=1S/C30H31NO10.H2O/c1-12(32)28(31)9-18(20-11-29(39,13(2)33)30(40,14(3)34)15(4)41-20)21-19(10-28)26(37)22-23(27(21)38)25(36)17-8-6-5-7-16(17)24(22)35;/h5-8,15,18,20,37-40H,9-11,31H2,1-4H3;1H2/t15-,18?,20-,28?,29+,30+;/m1./s1. The molecule has 12 nitrogen and oxygen atoms in total. The quantitative estimate of drug-likeness (QED) is 0.260. The van der Waals surface area contributed by atoms with E-state index in [4.69, 9.17) is 10.5 Å². The Labute approximate surface area is 240 Å². The molecular formula is C30H33NO11. The first-order chi connectivity index (χ1) is 19.0. The molecule has 0 radical (unpaired) electrons. The van der Waals surface area contributed by atoms with Gasteiger partial charge in [0.1, 0.15) is 17.3 Å². The van der Waals surface area contributed by atoms with Crippen LogP contribution in [0.15, 0.2) is 24.3 Å². The Kier molecular flexibility index (Phi) is 7.33. The van der Waals surface area contributed by atoms with E-state index in [-0.39, 0.29) is 40.6 Å². The molecule has 0 saturated carbocycles. The maximum absolute atomic E-state index is 13.5. The van der Waals surface area contributed by atoms with Crippen LogP contribution in [0.4, 0.5) is 0 Å². The molecule has 0 bridgehead atoms. The number of hydrogen-bond acceptors (Lipinski definition) is 11. The van der Waals surface area contributed by atoms with Crippen LogP contribution in [0, 0.1) is 0 Å². The molecule has 5 rings (SSSR count). The lowest BCUT2D eigenvalue weighted by Gasteiger charge is -2.52. The van der Waals surface area contributed by atoms with Gasteiger partial charge in [0, 0.05) is 41.0 Å². The lowest BCUT2D eigenvalue weighted by atomic mass is 9.62. The Morgan fingerprint density at radius 1 is 0.881 bits per heavy atom. The lowest BCUT2D eigenvalue weighted by molar-refractivity contribution is -0.253. The second-order valence-electron chi connectivity index (χ2n) is 11.5. The molecule has 1 aliphatic heterocycles. The zero-order chi connectivity index (χ0) is 30.4. The number of carbonyl (C=O) groups is 5. The van der Waals surface area contributed by atoms with Crippen LogP contribution < -0.4 is 5.73 Å². The number of Topliss-reactive ketones (excluding diaryl/α,β-unsaturated/α-hetero) is 3. The van der Waals surface area contributed by atoms with Crippen molar-refractivity contribution < 1.29 is 54.6 Å². The highest BCUT2D eigenvalue weighted by Gasteiger charge is 2.65. The summed E-state index contributed by atoms with van der Waals surface area (Å²) in [6.45, 7) is 4.57. The van der Waals surface area contributed by atoms with Crippen molar-refractivity contribution >= 4 is 28.9 Å². The number of fused-ring (bicyclic) bond motifs is 3. The Bertz CT molecular complexity index is 1580. The number of nitrogens with two attached hydrogens (primary N) is 1. The minimum atomic E-state index is -2.61. The van der Waals surface area contributed by atoms with Crippen LogP contribution in [0.3, 0.4) is 0 Å². The Hall–Kier alpha value is -3.81. The number of aromatic hydroxyl groups is 2. The summed E-state index contributed by atoms with van der Waals surface area (Å²) in [5.41, 5.74) is -1.16. The normalized spacial score (nSPS) is 31.7. The van der Waals surface area contributed by atoms with Gasteiger partial charge in [-0.15, -0.1) is 0 Å². The highest BCUT2D eigenvalue weighted by molar-refractivity contribution is 6.30. The van der Waals surface area contributed by atoms with Gasteiger partial charge in [0.2, 0.25) is 0 Å². The minimum absolute atomic E-state index is 0. The molecular weight excluding hydrogens is 550 g/mol. The third-order valence-corrected chi connectivity index (χ3v) is 9.27. The monoisotopic (exact) mass is 583 g/mol. The Balaban J connectivity index is 0.00000405. The number of phenols is 2. The maximum Gasteiger partial charge on any atom is 0.198 e.